The van der Waals surface area contributed by atoms with Gasteiger partial charge < -0.3 is 15.5 Å². The van der Waals surface area contributed by atoms with E-state index < -0.39 is 4.92 Å². The average molecular weight is 389 g/mol. The molecular weight excluding hydrogens is 368 g/mol. The number of hydrogen-bond donors (Lipinski definition) is 2. The van der Waals surface area contributed by atoms with E-state index in [4.69, 9.17) is 11.6 Å². The summed E-state index contributed by atoms with van der Waals surface area (Å²) in [5.74, 6) is -0.218. The van der Waals surface area contributed by atoms with Crippen molar-refractivity contribution in [3.63, 3.8) is 0 Å². The van der Waals surface area contributed by atoms with Crippen molar-refractivity contribution in [1.29, 1.82) is 0 Å². The number of rotatable bonds is 6. The number of nitro benzene ring substituents is 1. The highest BCUT2D eigenvalue weighted by atomic mass is 35.5. The number of likely N-dealkylation sites (N-methyl/N-ethyl adjacent to an activating group) is 1. The molecule has 27 heavy (non-hydrogen) atoms. The average Bonchev–Trinajstić information content (AvgIpc) is 3.21. The Bertz CT molecular complexity index is 853. The van der Waals surface area contributed by atoms with Gasteiger partial charge in [0.25, 0.3) is 11.6 Å². The van der Waals surface area contributed by atoms with Gasteiger partial charge in [-0.05, 0) is 36.7 Å². The van der Waals surface area contributed by atoms with Gasteiger partial charge in [-0.1, -0.05) is 29.8 Å². The predicted molar refractivity (Wildman–Crippen MR) is 105 cm³/mol. The van der Waals surface area contributed by atoms with E-state index in [9.17, 15) is 14.9 Å². The van der Waals surface area contributed by atoms with E-state index in [1.807, 2.05) is 18.2 Å². The van der Waals surface area contributed by atoms with Crippen LogP contribution in [0.15, 0.2) is 42.5 Å². The summed E-state index contributed by atoms with van der Waals surface area (Å²) in [5, 5.41) is 18.3. The number of nitrogens with zero attached hydrogens (tertiary/aromatic N) is 2. The van der Waals surface area contributed by atoms with Crippen LogP contribution in [0.4, 0.5) is 11.4 Å². The smallest absolute Gasteiger partial charge is 0.293 e. The van der Waals surface area contributed by atoms with Crippen molar-refractivity contribution in [2.24, 2.45) is 0 Å². The Morgan fingerprint density at radius 1 is 1.37 bits per heavy atom. The molecule has 0 radical (unpaired) electrons. The number of hydrogen-bond acceptors (Lipinski definition) is 5. The Kier molecular flexibility index (Phi) is 5.93. The van der Waals surface area contributed by atoms with Crippen molar-refractivity contribution in [3.05, 3.63) is 68.7 Å². The number of amides is 1. The SMILES string of the molecule is CN(C(=O)c1ccc(NCc2ccccc2Cl)c([N+](=O)[O-])c1)C1CCNC1. The molecule has 0 saturated carbocycles. The third-order valence-corrected chi connectivity index (χ3v) is 5.14. The van der Waals surface area contributed by atoms with Gasteiger partial charge in [0, 0.05) is 42.8 Å². The minimum Gasteiger partial charge on any atom is -0.375 e. The van der Waals surface area contributed by atoms with Gasteiger partial charge in [-0.25, -0.2) is 0 Å². The Hall–Kier alpha value is -2.64. The molecule has 1 heterocycles. The van der Waals surface area contributed by atoms with Crippen LogP contribution in [0.5, 0.6) is 0 Å². The highest BCUT2D eigenvalue weighted by Crippen LogP contribution is 2.28. The minimum absolute atomic E-state index is 0.106. The maximum absolute atomic E-state index is 12.7. The van der Waals surface area contributed by atoms with Crippen molar-refractivity contribution < 1.29 is 9.72 Å². The quantitative estimate of drug-likeness (QED) is 0.585. The maximum atomic E-state index is 12.7. The van der Waals surface area contributed by atoms with Crippen molar-refractivity contribution in [2.75, 3.05) is 25.5 Å². The number of carbonyl (C=O) groups excluding carboxylic acids is 1. The van der Waals surface area contributed by atoms with Gasteiger partial charge in [0.05, 0.1) is 4.92 Å². The lowest BCUT2D eigenvalue weighted by molar-refractivity contribution is -0.384. The molecule has 0 bridgehead atoms. The number of anilines is 1. The van der Waals surface area contributed by atoms with Crippen molar-refractivity contribution in [1.82, 2.24) is 10.2 Å². The first-order valence-corrected chi connectivity index (χ1v) is 9.08. The fraction of sp³-hybridized carbons (Fsp3) is 0.316. The molecule has 1 fully saturated rings. The van der Waals surface area contributed by atoms with Gasteiger partial charge in [-0.3, -0.25) is 14.9 Å². The topological polar surface area (TPSA) is 87.5 Å². The lowest BCUT2D eigenvalue weighted by atomic mass is 10.1. The number of halogens is 1. The molecule has 2 N–H and O–H groups in total. The van der Waals surface area contributed by atoms with Crippen LogP contribution in [0.25, 0.3) is 0 Å². The van der Waals surface area contributed by atoms with Gasteiger partial charge >= 0.3 is 0 Å². The number of carbonyl (C=O) groups is 1. The van der Waals surface area contributed by atoms with Crippen LogP contribution in [0.3, 0.4) is 0 Å². The van der Waals surface area contributed by atoms with Crippen LogP contribution in [0.1, 0.15) is 22.3 Å². The van der Waals surface area contributed by atoms with Crippen molar-refractivity contribution in [2.45, 2.75) is 19.0 Å². The summed E-state index contributed by atoms with van der Waals surface area (Å²) in [6.07, 6.45) is 0.877. The van der Waals surface area contributed by atoms with Crippen molar-refractivity contribution >= 4 is 28.9 Å². The first kappa shape index (κ1) is 19.1. The Morgan fingerprint density at radius 3 is 2.81 bits per heavy atom. The fourth-order valence-electron chi connectivity index (χ4n) is 3.14. The molecule has 142 valence electrons. The summed E-state index contributed by atoms with van der Waals surface area (Å²) < 4.78 is 0. The monoisotopic (exact) mass is 388 g/mol. The zero-order valence-corrected chi connectivity index (χ0v) is 15.7. The third kappa shape index (κ3) is 4.37. The molecule has 1 atom stereocenters. The van der Waals surface area contributed by atoms with E-state index in [0.29, 0.717) is 22.8 Å². The lowest BCUT2D eigenvalue weighted by Gasteiger charge is -2.23. The summed E-state index contributed by atoms with van der Waals surface area (Å²) in [6, 6.07) is 11.9. The molecule has 7 nitrogen and oxygen atoms in total. The molecule has 0 aromatic heterocycles. The normalized spacial score (nSPS) is 16.1. The molecular formula is C19H21ClN4O3. The number of nitrogens with one attached hydrogen (secondary N) is 2. The predicted octanol–water partition coefficient (Wildman–Crippen LogP) is 3.29. The molecule has 1 amide bonds. The van der Waals surface area contributed by atoms with Gasteiger partial charge in [-0.2, -0.15) is 0 Å². The zero-order valence-electron chi connectivity index (χ0n) is 14.9. The lowest BCUT2D eigenvalue weighted by Crippen LogP contribution is -2.38. The molecule has 2 aromatic rings. The highest BCUT2D eigenvalue weighted by Gasteiger charge is 2.26. The van der Waals surface area contributed by atoms with Gasteiger partial charge in [-0.15, -0.1) is 0 Å². The third-order valence-electron chi connectivity index (χ3n) is 4.77. The van der Waals surface area contributed by atoms with Crippen LogP contribution in [-0.2, 0) is 6.54 Å². The molecule has 1 aliphatic heterocycles. The first-order valence-electron chi connectivity index (χ1n) is 8.71. The summed E-state index contributed by atoms with van der Waals surface area (Å²) in [7, 11) is 1.73. The summed E-state index contributed by atoms with van der Waals surface area (Å²) >= 11 is 6.13. The first-order chi connectivity index (χ1) is 13.0. The standard InChI is InChI=1S/C19H21ClN4O3/c1-23(15-8-9-21-12-15)19(25)13-6-7-17(18(10-13)24(26)27)22-11-14-4-2-3-5-16(14)20/h2-7,10,15,21-22H,8-9,11-12H2,1H3. The largest absolute Gasteiger partial charge is 0.375 e. The van der Waals surface area contributed by atoms with E-state index in [1.165, 1.54) is 6.07 Å². The fourth-order valence-corrected chi connectivity index (χ4v) is 3.34. The van der Waals surface area contributed by atoms with Crippen LogP contribution < -0.4 is 10.6 Å². The summed E-state index contributed by atoms with van der Waals surface area (Å²) in [5.41, 5.74) is 1.36. The molecule has 8 heteroatoms. The molecule has 2 aromatic carbocycles. The Morgan fingerprint density at radius 2 is 2.15 bits per heavy atom. The van der Waals surface area contributed by atoms with E-state index in [-0.39, 0.29) is 17.6 Å². The molecule has 1 aliphatic rings. The van der Waals surface area contributed by atoms with E-state index >= 15 is 0 Å². The summed E-state index contributed by atoms with van der Waals surface area (Å²) in [6.45, 7) is 1.95. The molecule has 1 saturated heterocycles. The highest BCUT2D eigenvalue weighted by molar-refractivity contribution is 6.31. The number of benzene rings is 2. The van der Waals surface area contributed by atoms with E-state index in [0.717, 1.165) is 25.1 Å². The Balaban J connectivity index is 1.79. The van der Waals surface area contributed by atoms with Crippen molar-refractivity contribution in [3.8, 4) is 0 Å². The second-order valence-corrected chi connectivity index (χ2v) is 6.90. The minimum atomic E-state index is -0.483. The van der Waals surface area contributed by atoms with Crippen LogP contribution in [-0.4, -0.2) is 41.9 Å². The van der Waals surface area contributed by atoms with Gasteiger partial charge in [0.1, 0.15) is 5.69 Å². The molecule has 0 spiro atoms. The van der Waals surface area contributed by atoms with Crippen LogP contribution in [0.2, 0.25) is 5.02 Å². The molecule has 0 aliphatic carbocycles. The second kappa shape index (κ2) is 8.37. The van der Waals surface area contributed by atoms with E-state index in [1.54, 1.807) is 30.1 Å². The van der Waals surface area contributed by atoms with Gasteiger partial charge in [0.15, 0.2) is 0 Å². The Labute approximate surface area is 162 Å². The maximum Gasteiger partial charge on any atom is 0.293 e. The molecule has 1 unspecified atom stereocenters. The zero-order chi connectivity index (χ0) is 19.4. The van der Waals surface area contributed by atoms with Crippen LogP contribution >= 0.6 is 11.6 Å². The number of nitro groups is 1. The van der Waals surface area contributed by atoms with E-state index in [2.05, 4.69) is 10.6 Å². The van der Waals surface area contributed by atoms with Crippen LogP contribution in [0, 0.1) is 10.1 Å². The van der Waals surface area contributed by atoms with Gasteiger partial charge in [0.2, 0.25) is 0 Å². The second-order valence-electron chi connectivity index (χ2n) is 6.50. The molecule has 3 rings (SSSR count). The summed E-state index contributed by atoms with van der Waals surface area (Å²) in [4.78, 5) is 25.4.